The lowest BCUT2D eigenvalue weighted by Gasteiger charge is -2.02. The van der Waals surface area contributed by atoms with Gasteiger partial charge in [0.25, 0.3) is 0 Å². The molecule has 1 saturated carbocycles. The van der Waals surface area contributed by atoms with E-state index in [9.17, 15) is 0 Å². The fourth-order valence-electron chi connectivity index (χ4n) is 2.70. The largest absolute Gasteiger partial charge is 0.321 e. The molecule has 4 rings (SSSR count). The fraction of sp³-hybridized carbons (Fsp3) is 0.438. The van der Waals surface area contributed by atoms with E-state index in [0.717, 1.165) is 22.9 Å². The Hall–Kier alpha value is -2.61. The van der Waals surface area contributed by atoms with Gasteiger partial charge < -0.3 is 5.73 Å². The van der Waals surface area contributed by atoms with Crippen LogP contribution in [0.4, 0.5) is 0 Å². The second-order valence-corrected chi connectivity index (χ2v) is 6.34. The summed E-state index contributed by atoms with van der Waals surface area (Å²) in [7, 11) is 1.87. The first-order chi connectivity index (χ1) is 11.5. The number of hydrogen-bond donors (Lipinski definition) is 1. The number of nitrogens with zero attached hydrogens (tertiary/aromatic N) is 7. The topological polar surface area (TPSA) is 99.8 Å². The summed E-state index contributed by atoms with van der Waals surface area (Å²) in [6.45, 7) is 3.88. The zero-order chi connectivity index (χ0) is 16.8. The van der Waals surface area contributed by atoms with Gasteiger partial charge in [-0.05, 0) is 44.8 Å². The maximum absolute atomic E-state index is 6.18. The van der Waals surface area contributed by atoms with E-state index < -0.39 is 0 Å². The van der Waals surface area contributed by atoms with Crippen LogP contribution in [-0.4, -0.2) is 34.3 Å². The van der Waals surface area contributed by atoms with Gasteiger partial charge in [-0.1, -0.05) is 0 Å². The van der Waals surface area contributed by atoms with Gasteiger partial charge in [-0.15, -0.1) is 5.10 Å². The summed E-state index contributed by atoms with van der Waals surface area (Å²) in [5, 5.41) is 8.92. The molecule has 124 valence electrons. The number of aromatic nitrogens is 7. The predicted octanol–water partition coefficient (Wildman–Crippen LogP) is 1.45. The molecule has 8 heteroatoms. The van der Waals surface area contributed by atoms with Gasteiger partial charge in [0, 0.05) is 13.2 Å². The van der Waals surface area contributed by atoms with Crippen molar-refractivity contribution in [3.8, 4) is 0 Å². The van der Waals surface area contributed by atoms with Crippen LogP contribution >= 0.6 is 0 Å². The molecule has 24 heavy (non-hydrogen) atoms. The lowest BCUT2D eigenvalue weighted by molar-refractivity contribution is 0.584. The molecule has 1 aliphatic rings. The molecule has 2 N–H and O–H groups in total. The van der Waals surface area contributed by atoms with Gasteiger partial charge in [-0.2, -0.15) is 5.10 Å². The van der Waals surface area contributed by atoms with Gasteiger partial charge in [-0.3, -0.25) is 4.98 Å². The Balaban J connectivity index is 1.63. The summed E-state index contributed by atoms with van der Waals surface area (Å²) in [5.74, 6) is 2.60. The highest BCUT2D eigenvalue weighted by atomic mass is 15.3. The number of hydrogen-bond acceptors (Lipinski definition) is 6. The van der Waals surface area contributed by atoms with Crippen molar-refractivity contribution in [1.82, 2.24) is 34.3 Å². The van der Waals surface area contributed by atoms with Crippen LogP contribution in [0.3, 0.4) is 0 Å². The van der Waals surface area contributed by atoms with E-state index >= 15 is 0 Å². The molecule has 0 bridgehead atoms. The van der Waals surface area contributed by atoms with E-state index in [-0.39, 0.29) is 6.04 Å². The molecule has 0 radical (unpaired) electrons. The molecule has 0 aliphatic heterocycles. The highest BCUT2D eigenvalue weighted by molar-refractivity contribution is 5.64. The van der Waals surface area contributed by atoms with Crippen LogP contribution in [0.15, 0.2) is 6.20 Å². The Morgan fingerprint density at radius 1 is 1.21 bits per heavy atom. The van der Waals surface area contributed by atoms with Crippen molar-refractivity contribution in [2.45, 2.75) is 32.7 Å². The first kappa shape index (κ1) is 14.9. The molecule has 0 aromatic carbocycles. The average molecular weight is 324 g/mol. The second kappa shape index (κ2) is 5.48. The molecule has 1 atom stereocenters. The number of aryl methyl sites for hydroxylation is 3. The summed E-state index contributed by atoms with van der Waals surface area (Å²) in [4.78, 5) is 13.4. The Morgan fingerprint density at radius 3 is 2.71 bits per heavy atom. The molecule has 0 amide bonds. The maximum atomic E-state index is 6.18. The van der Waals surface area contributed by atoms with E-state index in [1.54, 1.807) is 15.4 Å². The lowest BCUT2D eigenvalue weighted by Crippen LogP contribution is -2.14. The van der Waals surface area contributed by atoms with Crippen LogP contribution < -0.4 is 5.73 Å². The van der Waals surface area contributed by atoms with Crippen LogP contribution in [0, 0.1) is 19.8 Å². The zero-order valence-electron chi connectivity index (χ0n) is 14.0. The van der Waals surface area contributed by atoms with Gasteiger partial charge in [0.05, 0.1) is 17.4 Å². The molecule has 1 fully saturated rings. The van der Waals surface area contributed by atoms with E-state index in [1.165, 1.54) is 12.8 Å². The van der Waals surface area contributed by atoms with Crippen molar-refractivity contribution >= 4 is 17.8 Å². The molecule has 0 saturated heterocycles. The maximum Gasteiger partial charge on any atom is 0.177 e. The predicted molar refractivity (Wildman–Crippen MR) is 89.8 cm³/mol. The summed E-state index contributed by atoms with van der Waals surface area (Å²) < 4.78 is 3.54. The Bertz CT molecular complexity index is 892. The third-order valence-electron chi connectivity index (χ3n) is 4.35. The number of nitrogens with two attached hydrogens (primary N) is 1. The Kier molecular flexibility index (Phi) is 3.42. The molecular weight excluding hydrogens is 304 g/mol. The van der Waals surface area contributed by atoms with Gasteiger partial charge >= 0.3 is 0 Å². The number of fused-ring (bicyclic) bond motifs is 1. The Labute approximate surface area is 139 Å². The van der Waals surface area contributed by atoms with Gasteiger partial charge in [0.1, 0.15) is 0 Å². The van der Waals surface area contributed by atoms with Crippen molar-refractivity contribution in [3.05, 3.63) is 35.1 Å². The summed E-state index contributed by atoms with van der Waals surface area (Å²) in [6.07, 6.45) is 7.83. The standard InChI is InChI=1S/C16H20N8/c1-9-8-18-10(2)16-19-12(21-24(9)16)6-7-13-20-15(22-23(13)3)14(17)11-4-5-11/h6-8,11,14H,4-5,17H2,1-3H3/b7-6+. The minimum atomic E-state index is -0.0666. The fourth-order valence-corrected chi connectivity index (χ4v) is 2.70. The van der Waals surface area contributed by atoms with E-state index in [2.05, 4.69) is 25.1 Å². The quantitative estimate of drug-likeness (QED) is 0.779. The molecule has 3 aromatic rings. The highest BCUT2D eigenvalue weighted by Gasteiger charge is 2.32. The van der Waals surface area contributed by atoms with E-state index in [4.69, 9.17) is 5.73 Å². The molecule has 1 aliphatic carbocycles. The monoisotopic (exact) mass is 324 g/mol. The molecular formula is C16H20N8. The SMILES string of the molecule is Cc1ncc(C)n2nc(/C=C/c3nc(C(N)C4CC4)nn3C)nc12. The lowest BCUT2D eigenvalue weighted by atomic mass is 10.2. The average Bonchev–Trinajstić information content (AvgIpc) is 3.21. The van der Waals surface area contributed by atoms with Gasteiger partial charge in [0.2, 0.25) is 0 Å². The van der Waals surface area contributed by atoms with Gasteiger partial charge in [-0.25, -0.2) is 19.2 Å². The van der Waals surface area contributed by atoms with Crippen LogP contribution in [0.25, 0.3) is 17.8 Å². The second-order valence-electron chi connectivity index (χ2n) is 6.34. The normalized spacial score (nSPS) is 16.3. The molecule has 8 nitrogen and oxygen atoms in total. The van der Waals surface area contributed by atoms with Crippen LogP contribution in [0.5, 0.6) is 0 Å². The molecule has 3 heterocycles. The van der Waals surface area contributed by atoms with Crippen molar-refractivity contribution < 1.29 is 0 Å². The first-order valence-electron chi connectivity index (χ1n) is 8.06. The third-order valence-corrected chi connectivity index (χ3v) is 4.35. The molecule has 3 aromatic heterocycles. The van der Waals surface area contributed by atoms with E-state index in [0.29, 0.717) is 17.6 Å². The van der Waals surface area contributed by atoms with Crippen molar-refractivity contribution in [1.29, 1.82) is 0 Å². The molecule has 0 spiro atoms. The Morgan fingerprint density at radius 2 is 2.00 bits per heavy atom. The van der Waals surface area contributed by atoms with Crippen molar-refractivity contribution in [3.63, 3.8) is 0 Å². The van der Waals surface area contributed by atoms with Crippen LogP contribution in [-0.2, 0) is 7.05 Å². The summed E-state index contributed by atoms with van der Waals surface area (Å²) in [6, 6.07) is -0.0666. The van der Waals surface area contributed by atoms with Crippen LogP contribution in [0.2, 0.25) is 0 Å². The number of rotatable bonds is 4. The van der Waals surface area contributed by atoms with E-state index in [1.807, 2.05) is 33.0 Å². The van der Waals surface area contributed by atoms with Crippen LogP contribution in [0.1, 0.15) is 47.7 Å². The summed E-state index contributed by atoms with van der Waals surface area (Å²) in [5.41, 5.74) is 8.74. The zero-order valence-corrected chi connectivity index (χ0v) is 14.0. The highest BCUT2D eigenvalue weighted by Crippen LogP contribution is 2.38. The first-order valence-corrected chi connectivity index (χ1v) is 8.06. The minimum Gasteiger partial charge on any atom is -0.321 e. The molecule has 1 unspecified atom stereocenters. The minimum absolute atomic E-state index is 0.0666. The van der Waals surface area contributed by atoms with Crippen molar-refractivity contribution in [2.75, 3.05) is 0 Å². The van der Waals surface area contributed by atoms with Crippen molar-refractivity contribution in [2.24, 2.45) is 18.7 Å². The van der Waals surface area contributed by atoms with Gasteiger partial charge in [0.15, 0.2) is 23.1 Å². The summed E-state index contributed by atoms with van der Waals surface area (Å²) >= 11 is 0. The smallest absolute Gasteiger partial charge is 0.177 e. The third kappa shape index (κ3) is 2.58.